The molecule has 0 aromatic carbocycles. The van der Waals surface area contributed by atoms with Crippen molar-refractivity contribution in [3.8, 4) is 0 Å². The maximum absolute atomic E-state index is 14.5. The van der Waals surface area contributed by atoms with Crippen molar-refractivity contribution in [3.63, 3.8) is 0 Å². The van der Waals surface area contributed by atoms with Crippen LogP contribution in [0.5, 0.6) is 0 Å². The van der Waals surface area contributed by atoms with Crippen LogP contribution in [0.3, 0.4) is 0 Å². The lowest BCUT2D eigenvalue weighted by Crippen LogP contribution is -2.57. The van der Waals surface area contributed by atoms with Gasteiger partial charge in [-0.1, -0.05) is 6.92 Å². The third-order valence-corrected chi connectivity index (χ3v) is 7.97. The third-order valence-electron chi connectivity index (χ3n) is 4.65. The fourth-order valence-electron chi connectivity index (χ4n) is 2.61. The summed E-state index contributed by atoms with van der Waals surface area (Å²) in [6, 6.07) is 0. The van der Waals surface area contributed by atoms with Crippen molar-refractivity contribution >= 4 is 16.3 Å². The molecule has 1 rings (SSSR count). The molecule has 0 N–H and O–H groups in total. The molecule has 1 saturated heterocycles. The molecule has 0 unspecified atom stereocenters. The van der Waals surface area contributed by atoms with Gasteiger partial charge in [0.1, 0.15) is 0 Å². The van der Waals surface area contributed by atoms with Gasteiger partial charge in [0.15, 0.2) is 11.9 Å². The molecule has 0 aliphatic carbocycles. The molecule has 1 heterocycles. The number of rotatable bonds is 9. The van der Waals surface area contributed by atoms with Crippen molar-refractivity contribution < 1.29 is 62.1 Å². The van der Waals surface area contributed by atoms with E-state index in [-0.39, 0.29) is 0 Å². The Morgan fingerprint density at radius 3 is 1.81 bits per heavy atom. The molecule has 0 radical (unpaired) electrons. The molecule has 0 saturated carbocycles. The Bertz CT molecular complexity index is 663. The summed E-state index contributed by atoms with van der Waals surface area (Å²) in [7, 11) is -4.69. The molecule has 0 aromatic heterocycles. The van der Waals surface area contributed by atoms with Crippen LogP contribution in [0.4, 0.5) is 48.3 Å². The van der Waals surface area contributed by atoms with Gasteiger partial charge in [0.05, 0.1) is 5.92 Å². The maximum atomic E-state index is 14.5. The van der Waals surface area contributed by atoms with E-state index in [2.05, 4.69) is 9.02 Å². The maximum Gasteiger partial charge on any atom is 0.456 e. The van der Waals surface area contributed by atoms with E-state index in [1.165, 1.54) is 0 Å². The molecule has 0 atom stereocenters. The highest BCUT2D eigenvalue weighted by Gasteiger charge is 2.78. The smallest absolute Gasteiger partial charge is 0.456 e. The first kappa shape index (κ1) is 27.5. The minimum absolute atomic E-state index is 0.508. The SMILES string of the molecule is CCC(F)(F)C(F)(F)C(F)(F)S1(ON=O)CCC(C(=O)OCC(F)(F)C(F)(F)F)CC1. The van der Waals surface area contributed by atoms with Crippen molar-refractivity contribution in [2.24, 2.45) is 11.3 Å². The van der Waals surface area contributed by atoms with Crippen LogP contribution in [0.1, 0.15) is 26.2 Å². The molecule has 0 aromatic rings. The Morgan fingerprint density at radius 1 is 0.935 bits per heavy atom. The normalized spacial score (nSPS) is 26.0. The van der Waals surface area contributed by atoms with Gasteiger partial charge < -0.3 is 9.02 Å². The number of halogens is 11. The fourth-order valence-corrected chi connectivity index (χ4v) is 5.64. The van der Waals surface area contributed by atoms with Gasteiger partial charge in [-0.05, 0) is 12.8 Å². The van der Waals surface area contributed by atoms with E-state index >= 15 is 0 Å². The number of nitrogens with zero attached hydrogens (tertiary/aromatic N) is 1. The molecule has 184 valence electrons. The largest absolute Gasteiger partial charge is 0.459 e. The average Bonchev–Trinajstić information content (AvgIpc) is 2.65. The standard InChI is InChI=1S/C14H16F11NO4S/c1-2-10(15,16)12(19,20)14(24,25)31(30-26-28)5-3-8(4-6-31)9(27)29-7-11(17,18)13(21,22)23/h8H,2-7H2,1H3. The number of esters is 1. The Labute approximate surface area is 169 Å². The Balaban J connectivity index is 3.00. The number of alkyl halides is 11. The van der Waals surface area contributed by atoms with Crippen molar-refractivity contribution in [3.05, 3.63) is 4.91 Å². The second-order valence-electron chi connectivity index (χ2n) is 6.60. The number of ether oxygens (including phenoxy) is 1. The van der Waals surface area contributed by atoms with Gasteiger partial charge in [-0.3, -0.25) is 4.79 Å². The molecule has 5 nitrogen and oxygen atoms in total. The van der Waals surface area contributed by atoms with Crippen molar-refractivity contribution in [2.75, 3.05) is 18.1 Å². The van der Waals surface area contributed by atoms with E-state index in [9.17, 15) is 58.0 Å². The zero-order valence-electron chi connectivity index (χ0n) is 15.5. The molecule has 1 aliphatic heterocycles. The average molecular weight is 503 g/mol. The van der Waals surface area contributed by atoms with Gasteiger partial charge in [0.2, 0.25) is 0 Å². The van der Waals surface area contributed by atoms with Gasteiger partial charge in [-0.15, -0.1) is 4.91 Å². The van der Waals surface area contributed by atoms with Gasteiger partial charge in [-0.2, -0.15) is 48.3 Å². The van der Waals surface area contributed by atoms with Crippen LogP contribution in [0, 0.1) is 10.8 Å². The number of carbonyl (C=O) groups excluding carboxylic acids is 1. The highest BCUT2D eigenvalue weighted by Crippen LogP contribution is 2.71. The molecular formula is C14H16F11NO4S. The van der Waals surface area contributed by atoms with Crippen LogP contribution in [0.25, 0.3) is 0 Å². The van der Waals surface area contributed by atoms with Crippen LogP contribution in [0.15, 0.2) is 5.34 Å². The summed E-state index contributed by atoms with van der Waals surface area (Å²) in [5, 5.41) is -3.92. The van der Waals surface area contributed by atoms with Crippen LogP contribution in [-0.4, -0.2) is 53.3 Å². The summed E-state index contributed by atoms with van der Waals surface area (Å²) in [5.41, 5.74) is 0. The summed E-state index contributed by atoms with van der Waals surface area (Å²) in [5.74, 6) is -22.4. The highest BCUT2D eigenvalue weighted by molar-refractivity contribution is 8.30. The molecule has 0 amide bonds. The van der Waals surface area contributed by atoms with Crippen molar-refractivity contribution in [2.45, 2.75) is 55.4 Å². The summed E-state index contributed by atoms with van der Waals surface area (Å²) in [4.78, 5) is 22.1. The predicted octanol–water partition coefficient (Wildman–Crippen LogP) is 5.83. The molecule has 31 heavy (non-hydrogen) atoms. The number of hydrogen-bond donors (Lipinski definition) is 0. The van der Waals surface area contributed by atoms with E-state index in [1.807, 2.05) is 0 Å². The molecule has 1 fully saturated rings. The first-order valence-corrected chi connectivity index (χ1v) is 10.3. The number of carbonyl (C=O) groups is 1. The molecule has 17 heteroatoms. The monoisotopic (exact) mass is 503 g/mol. The lowest BCUT2D eigenvalue weighted by molar-refractivity contribution is -0.294. The zero-order chi connectivity index (χ0) is 24.5. The zero-order valence-corrected chi connectivity index (χ0v) is 16.3. The van der Waals surface area contributed by atoms with Gasteiger partial charge in [-0.25, -0.2) is 0 Å². The van der Waals surface area contributed by atoms with Crippen molar-refractivity contribution in [1.82, 2.24) is 0 Å². The first-order chi connectivity index (χ1) is 13.8. The van der Waals surface area contributed by atoms with E-state index in [0.717, 1.165) is 0 Å². The Kier molecular flexibility index (Phi) is 7.77. The predicted molar refractivity (Wildman–Crippen MR) is 84.0 cm³/mol. The molecule has 0 bridgehead atoms. The second kappa shape index (κ2) is 8.77. The van der Waals surface area contributed by atoms with Crippen LogP contribution < -0.4 is 0 Å². The summed E-state index contributed by atoms with van der Waals surface area (Å²) in [6.45, 7) is -1.90. The minimum atomic E-state index is -6.04. The lowest BCUT2D eigenvalue weighted by Gasteiger charge is -2.48. The van der Waals surface area contributed by atoms with Crippen LogP contribution in [-0.2, 0) is 13.8 Å². The summed E-state index contributed by atoms with van der Waals surface area (Å²) >= 11 is 0. The van der Waals surface area contributed by atoms with E-state index < -0.39 is 88.8 Å². The Morgan fingerprint density at radius 2 is 1.42 bits per heavy atom. The molecular weight excluding hydrogens is 487 g/mol. The lowest BCUT2D eigenvalue weighted by atomic mass is 10.0. The van der Waals surface area contributed by atoms with Gasteiger partial charge >= 0.3 is 35.2 Å². The molecule has 1 aliphatic rings. The van der Waals surface area contributed by atoms with Crippen molar-refractivity contribution in [1.29, 1.82) is 0 Å². The third kappa shape index (κ3) is 4.94. The van der Waals surface area contributed by atoms with E-state index in [4.69, 9.17) is 0 Å². The first-order valence-electron chi connectivity index (χ1n) is 8.36. The Hall–Kier alpha value is -1.55. The van der Waals surface area contributed by atoms with E-state index in [0.29, 0.717) is 6.92 Å². The van der Waals surface area contributed by atoms with Gasteiger partial charge in [0, 0.05) is 28.2 Å². The second-order valence-corrected chi connectivity index (χ2v) is 9.70. The quantitative estimate of drug-likeness (QED) is 0.172. The fraction of sp³-hybridized carbons (Fsp3) is 0.929. The van der Waals surface area contributed by atoms with Crippen LogP contribution in [0.2, 0.25) is 0 Å². The van der Waals surface area contributed by atoms with Gasteiger partial charge in [0.25, 0.3) is 0 Å². The van der Waals surface area contributed by atoms with E-state index in [1.54, 1.807) is 5.34 Å². The molecule has 0 spiro atoms. The topological polar surface area (TPSA) is 65.0 Å². The minimum Gasteiger partial charge on any atom is -0.459 e. The summed E-state index contributed by atoms with van der Waals surface area (Å²) < 4.78 is 154. The number of hydrogen-bond acceptors (Lipinski definition) is 5. The van der Waals surface area contributed by atoms with Crippen LogP contribution >= 0.6 is 10.3 Å². The summed E-state index contributed by atoms with van der Waals surface area (Å²) in [6.07, 6.45) is -9.53. The highest BCUT2D eigenvalue weighted by atomic mass is 32.3.